The Bertz CT molecular complexity index is 563. The van der Waals surface area contributed by atoms with Crippen molar-refractivity contribution < 1.29 is 14.1 Å². The topological polar surface area (TPSA) is 76.4 Å². The van der Waals surface area contributed by atoms with E-state index in [-0.39, 0.29) is 6.03 Å². The standard InChI is InChI=1S/C14H17N3O3/c1-10-7-12(17-20-10)9-16-14(18)15-8-11-3-5-13(19-2)6-4-11/h3-7H,8-9H2,1-2H3,(H2,15,16,18). The number of urea groups is 1. The van der Waals surface area contributed by atoms with Crippen molar-refractivity contribution in [2.45, 2.75) is 20.0 Å². The first kappa shape index (κ1) is 13.9. The first-order chi connectivity index (χ1) is 9.67. The summed E-state index contributed by atoms with van der Waals surface area (Å²) in [6.45, 7) is 2.60. The van der Waals surface area contributed by atoms with Gasteiger partial charge in [-0.2, -0.15) is 0 Å². The highest BCUT2D eigenvalue weighted by atomic mass is 16.5. The molecular weight excluding hydrogens is 258 g/mol. The number of ether oxygens (including phenoxy) is 1. The van der Waals surface area contributed by atoms with Gasteiger partial charge in [-0.1, -0.05) is 17.3 Å². The lowest BCUT2D eigenvalue weighted by molar-refractivity contribution is 0.240. The summed E-state index contributed by atoms with van der Waals surface area (Å²) in [6, 6.07) is 9.05. The van der Waals surface area contributed by atoms with Crippen LogP contribution >= 0.6 is 0 Å². The zero-order chi connectivity index (χ0) is 14.4. The molecule has 0 saturated carbocycles. The third kappa shape index (κ3) is 4.01. The van der Waals surface area contributed by atoms with Gasteiger partial charge in [0.25, 0.3) is 0 Å². The summed E-state index contributed by atoms with van der Waals surface area (Å²) >= 11 is 0. The van der Waals surface area contributed by atoms with Crippen LogP contribution in [-0.4, -0.2) is 18.3 Å². The number of aryl methyl sites for hydroxylation is 1. The van der Waals surface area contributed by atoms with E-state index in [1.54, 1.807) is 20.1 Å². The molecule has 0 fully saturated rings. The fraction of sp³-hybridized carbons (Fsp3) is 0.286. The molecule has 0 bridgehead atoms. The van der Waals surface area contributed by atoms with Gasteiger partial charge in [0.05, 0.1) is 13.7 Å². The summed E-state index contributed by atoms with van der Waals surface area (Å²) in [7, 11) is 1.62. The number of rotatable bonds is 5. The molecule has 0 unspecified atom stereocenters. The third-order valence-corrected chi connectivity index (χ3v) is 2.72. The highest BCUT2D eigenvalue weighted by molar-refractivity contribution is 5.73. The molecule has 0 aliphatic carbocycles. The van der Waals surface area contributed by atoms with Crippen molar-refractivity contribution in [3.8, 4) is 5.75 Å². The summed E-state index contributed by atoms with van der Waals surface area (Å²) in [4.78, 5) is 11.6. The maximum Gasteiger partial charge on any atom is 0.315 e. The Morgan fingerprint density at radius 1 is 1.25 bits per heavy atom. The lowest BCUT2D eigenvalue weighted by Crippen LogP contribution is -2.34. The molecule has 2 rings (SSSR count). The van der Waals surface area contributed by atoms with E-state index in [9.17, 15) is 4.79 Å². The van der Waals surface area contributed by atoms with E-state index in [0.29, 0.717) is 18.8 Å². The third-order valence-electron chi connectivity index (χ3n) is 2.72. The van der Waals surface area contributed by atoms with Crippen molar-refractivity contribution in [2.75, 3.05) is 7.11 Å². The number of carbonyl (C=O) groups excluding carboxylic acids is 1. The fourth-order valence-electron chi connectivity index (χ4n) is 1.66. The molecule has 0 saturated heterocycles. The monoisotopic (exact) mass is 275 g/mol. The van der Waals surface area contributed by atoms with Crippen LogP contribution in [0.1, 0.15) is 17.0 Å². The zero-order valence-electron chi connectivity index (χ0n) is 11.5. The SMILES string of the molecule is COc1ccc(CNC(=O)NCc2cc(C)on2)cc1. The first-order valence-corrected chi connectivity index (χ1v) is 6.24. The number of amides is 2. The Hall–Kier alpha value is -2.50. The maximum atomic E-state index is 11.6. The van der Waals surface area contributed by atoms with Gasteiger partial charge >= 0.3 is 6.03 Å². The van der Waals surface area contributed by atoms with Gasteiger partial charge in [0.1, 0.15) is 17.2 Å². The molecule has 2 aromatic rings. The predicted octanol–water partition coefficient (Wildman–Crippen LogP) is 1.99. The minimum absolute atomic E-state index is 0.249. The van der Waals surface area contributed by atoms with Crippen molar-refractivity contribution >= 4 is 6.03 Å². The van der Waals surface area contributed by atoms with Crippen LogP contribution in [-0.2, 0) is 13.1 Å². The Morgan fingerprint density at radius 2 is 1.95 bits per heavy atom. The molecule has 6 nitrogen and oxygen atoms in total. The van der Waals surface area contributed by atoms with E-state index < -0.39 is 0 Å². The van der Waals surface area contributed by atoms with Crippen LogP contribution in [0, 0.1) is 6.92 Å². The lowest BCUT2D eigenvalue weighted by Gasteiger charge is -2.07. The second-order valence-electron chi connectivity index (χ2n) is 4.31. The second-order valence-corrected chi connectivity index (χ2v) is 4.31. The highest BCUT2D eigenvalue weighted by Gasteiger charge is 2.04. The highest BCUT2D eigenvalue weighted by Crippen LogP contribution is 2.10. The molecule has 1 aromatic carbocycles. The molecule has 0 aliphatic heterocycles. The number of nitrogens with zero attached hydrogens (tertiary/aromatic N) is 1. The van der Waals surface area contributed by atoms with Crippen molar-refractivity contribution in [2.24, 2.45) is 0 Å². The van der Waals surface area contributed by atoms with Gasteiger partial charge in [-0.25, -0.2) is 4.79 Å². The van der Waals surface area contributed by atoms with Crippen LogP contribution in [0.25, 0.3) is 0 Å². The predicted molar refractivity (Wildman–Crippen MR) is 73.3 cm³/mol. The molecule has 20 heavy (non-hydrogen) atoms. The zero-order valence-corrected chi connectivity index (χ0v) is 11.5. The Balaban J connectivity index is 1.74. The van der Waals surface area contributed by atoms with Crippen LogP contribution in [0.15, 0.2) is 34.9 Å². The molecule has 6 heteroatoms. The molecule has 1 heterocycles. The Morgan fingerprint density at radius 3 is 2.55 bits per heavy atom. The minimum atomic E-state index is -0.249. The number of aromatic nitrogens is 1. The van der Waals surface area contributed by atoms with Gasteiger partial charge < -0.3 is 19.9 Å². The molecule has 2 amide bonds. The van der Waals surface area contributed by atoms with Crippen LogP contribution in [0.2, 0.25) is 0 Å². The van der Waals surface area contributed by atoms with Crippen LogP contribution in [0.3, 0.4) is 0 Å². The van der Waals surface area contributed by atoms with Gasteiger partial charge in [-0.05, 0) is 24.6 Å². The van der Waals surface area contributed by atoms with Crippen LogP contribution in [0.4, 0.5) is 4.79 Å². The normalized spacial score (nSPS) is 10.1. The van der Waals surface area contributed by atoms with Gasteiger partial charge in [0.15, 0.2) is 0 Å². The quantitative estimate of drug-likeness (QED) is 0.875. The lowest BCUT2D eigenvalue weighted by atomic mass is 10.2. The molecule has 1 aromatic heterocycles. The van der Waals surface area contributed by atoms with Gasteiger partial charge in [0, 0.05) is 12.6 Å². The van der Waals surface area contributed by atoms with Crippen molar-refractivity contribution in [1.29, 1.82) is 0 Å². The summed E-state index contributed by atoms with van der Waals surface area (Å²) in [5.74, 6) is 1.51. The number of carbonyl (C=O) groups is 1. The fourth-order valence-corrected chi connectivity index (χ4v) is 1.66. The summed E-state index contributed by atoms with van der Waals surface area (Å²) in [5.41, 5.74) is 1.69. The molecule has 106 valence electrons. The van der Waals surface area contributed by atoms with E-state index in [1.165, 1.54) is 0 Å². The molecule has 0 aliphatic rings. The molecular formula is C14H17N3O3. The number of hydrogen-bond donors (Lipinski definition) is 2. The van der Waals surface area contributed by atoms with Crippen molar-refractivity contribution in [1.82, 2.24) is 15.8 Å². The first-order valence-electron chi connectivity index (χ1n) is 6.24. The Labute approximate surface area is 117 Å². The summed E-state index contributed by atoms with van der Waals surface area (Å²) in [6.07, 6.45) is 0. The largest absolute Gasteiger partial charge is 0.497 e. The summed E-state index contributed by atoms with van der Waals surface area (Å²) < 4.78 is 9.98. The smallest absolute Gasteiger partial charge is 0.315 e. The van der Waals surface area contributed by atoms with E-state index >= 15 is 0 Å². The van der Waals surface area contributed by atoms with Crippen molar-refractivity contribution in [3.63, 3.8) is 0 Å². The minimum Gasteiger partial charge on any atom is -0.497 e. The van der Waals surface area contributed by atoms with Gasteiger partial charge in [-0.15, -0.1) is 0 Å². The number of benzene rings is 1. The number of hydrogen-bond acceptors (Lipinski definition) is 4. The van der Waals surface area contributed by atoms with E-state index in [1.807, 2.05) is 24.3 Å². The Kier molecular flexibility index (Phi) is 4.60. The average Bonchev–Trinajstić information content (AvgIpc) is 2.89. The van der Waals surface area contributed by atoms with E-state index in [4.69, 9.17) is 9.26 Å². The second kappa shape index (κ2) is 6.60. The average molecular weight is 275 g/mol. The molecule has 2 N–H and O–H groups in total. The van der Waals surface area contributed by atoms with E-state index in [0.717, 1.165) is 17.1 Å². The van der Waals surface area contributed by atoms with Crippen LogP contribution in [0.5, 0.6) is 5.75 Å². The number of nitrogens with one attached hydrogen (secondary N) is 2. The maximum absolute atomic E-state index is 11.6. The number of methoxy groups -OCH3 is 1. The summed E-state index contributed by atoms with van der Waals surface area (Å²) in [5, 5.41) is 9.27. The molecule has 0 radical (unpaired) electrons. The molecule has 0 spiro atoms. The van der Waals surface area contributed by atoms with Crippen molar-refractivity contribution in [3.05, 3.63) is 47.3 Å². The van der Waals surface area contributed by atoms with Gasteiger partial charge in [-0.3, -0.25) is 0 Å². The van der Waals surface area contributed by atoms with Gasteiger partial charge in [0.2, 0.25) is 0 Å². The van der Waals surface area contributed by atoms with E-state index in [2.05, 4.69) is 15.8 Å². The molecule has 0 atom stereocenters. The van der Waals surface area contributed by atoms with Crippen LogP contribution < -0.4 is 15.4 Å².